The van der Waals surface area contributed by atoms with Crippen molar-refractivity contribution in [3.8, 4) is 11.3 Å². The van der Waals surface area contributed by atoms with Crippen LogP contribution >= 0.6 is 22.9 Å². The lowest BCUT2D eigenvalue weighted by molar-refractivity contribution is -0.142. The lowest BCUT2D eigenvalue weighted by atomic mass is 10.2. The van der Waals surface area contributed by atoms with Gasteiger partial charge in [0.05, 0.1) is 18.5 Å². The van der Waals surface area contributed by atoms with Crippen molar-refractivity contribution >= 4 is 46.0 Å². The average Bonchev–Trinajstić information content (AvgIpc) is 3.53. The van der Waals surface area contributed by atoms with E-state index in [-0.39, 0.29) is 5.91 Å². The van der Waals surface area contributed by atoms with Crippen LogP contribution in [0.5, 0.6) is 0 Å². The molecule has 0 saturated heterocycles. The molecule has 0 spiro atoms. The van der Waals surface area contributed by atoms with E-state index in [4.69, 9.17) is 20.8 Å². The monoisotopic (exact) mass is 478 g/mol. The van der Waals surface area contributed by atoms with E-state index >= 15 is 0 Å². The minimum Gasteiger partial charge on any atom is -0.465 e. The third kappa shape index (κ3) is 6.19. The van der Waals surface area contributed by atoms with Crippen molar-refractivity contribution in [2.45, 2.75) is 6.54 Å². The number of halogens is 1. The van der Waals surface area contributed by atoms with Crippen molar-refractivity contribution in [1.29, 1.82) is 0 Å². The summed E-state index contributed by atoms with van der Waals surface area (Å²) in [6.07, 6.45) is 4.20. The Hall–Kier alpha value is -3.68. The summed E-state index contributed by atoms with van der Waals surface area (Å²) < 4.78 is 10.3. The molecular formula is C25H19ClN2O4S. The molecule has 8 heteroatoms. The predicted molar refractivity (Wildman–Crippen MR) is 129 cm³/mol. The van der Waals surface area contributed by atoms with Crippen LogP contribution in [0.3, 0.4) is 0 Å². The molecule has 0 unspecified atom stereocenters. The topological polar surface area (TPSA) is 72.6 Å². The molecule has 0 aliphatic rings. The summed E-state index contributed by atoms with van der Waals surface area (Å²) in [4.78, 5) is 31.2. The number of amides is 1. The zero-order valence-corrected chi connectivity index (χ0v) is 19.0. The molecule has 4 rings (SSSR count). The molecule has 2 heterocycles. The zero-order chi connectivity index (χ0) is 23.0. The number of aromatic nitrogens is 1. The highest BCUT2D eigenvalue weighted by molar-refractivity contribution is 7.14. The maximum Gasteiger partial charge on any atom is 0.331 e. The normalized spacial score (nSPS) is 10.9. The van der Waals surface area contributed by atoms with Crippen molar-refractivity contribution in [3.63, 3.8) is 0 Å². The number of hydrogen-bond donors (Lipinski definition) is 0. The molecule has 0 saturated carbocycles. The molecule has 4 aromatic rings. The third-order valence-electron chi connectivity index (χ3n) is 4.61. The van der Waals surface area contributed by atoms with E-state index in [9.17, 15) is 9.59 Å². The summed E-state index contributed by atoms with van der Waals surface area (Å²) in [5.74, 6) is -0.502. The van der Waals surface area contributed by atoms with E-state index in [0.29, 0.717) is 22.5 Å². The fraction of sp³-hybridized carbons (Fsp3) is 0.0800. The molecule has 0 bridgehead atoms. The van der Waals surface area contributed by atoms with Crippen LogP contribution < -0.4 is 4.90 Å². The summed E-state index contributed by atoms with van der Waals surface area (Å²) >= 11 is 7.32. The summed E-state index contributed by atoms with van der Waals surface area (Å²) in [6.45, 7) is -0.114. The second-order valence-corrected chi connectivity index (χ2v) is 8.22. The Morgan fingerprint density at radius 2 is 1.85 bits per heavy atom. The number of carbonyl (C=O) groups excluding carboxylic acids is 2. The van der Waals surface area contributed by atoms with Crippen molar-refractivity contribution in [3.05, 3.63) is 101 Å². The number of furan rings is 1. The fourth-order valence-corrected chi connectivity index (χ4v) is 3.94. The number of nitrogens with zero attached hydrogens (tertiary/aromatic N) is 2. The van der Waals surface area contributed by atoms with Gasteiger partial charge in [0.25, 0.3) is 5.91 Å². The molecule has 1 amide bonds. The molecule has 0 fully saturated rings. The smallest absolute Gasteiger partial charge is 0.331 e. The Labute approximate surface area is 199 Å². The van der Waals surface area contributed by atoms with Crippen molar-refractivity contribution in [1.82, 2.24) is 4.98 Å². The lowest BCUT2D eigenvalue weighted by Crippen LogP contribution is -2.34. The molecule has 0 atom stereocenters. The summed E-state index contributed by atoms with van der Waals surface area (Å²) in [6, 6.07) is 20.3. The number of esters is 1. The molecule has 0 aliphatic carbocycles. The Morgan fingerprint density at radius 3 is 2.58 bits per heavy atom. The Morgan fingerprint density at radius 1 is 1.06 bits per heavy atom. The van der Waals surface area contributed by atoms with Gasteiger partial charge in [-0.1, -0.05) is 54.1 Å². The molecular weight excluding hydrogens is 460 g/mol. The highest BCUT2D eigenvalue weighted by atomic mass is 35.5. The van der Waals surface area contributed by atoms with Crippen LogP contribution in [0.2, 0.25) is 5.02 Å². The minimum atomic E-state index is -0.639. The first-order valence-corrected chi connectivity index (χ1v) is 11.3. The van der Waals surface area contributed by atoms with Crippen LogP contribution in [-0.4, -0.2) is 23.5 Å². The molecule has 6 nitrogen and oxygen atoms in total. The number of anilines is 1. The number of benzene rings is 2. The van der Waals surface area contributed by atoms with E-state index < -0.39 is 12.6 Å². The largest absolute Gasteiger partial charge is 0.465 e. The Bertz CT molecular complexity index is 1240. The fourth-order valence-electron chi connectivity index (χ4n) is 2.97. The van der Waals surface area contributed by atoms with Gasteiger partial charge in [-0.2, -0.15) is 0 Å². The van der Waals surface area contributed by atoms with Gasteiger partial charge in [0.15, 0.2) is 11.7 Å². The van der Waals surface area contributed by atoms with E-state index in [1.54, 1.807) is 24.3 Å². The first-order chi connectivity index (χ1) is 16.1. The number of ether oxygens (including phenoxy) is 1. The SMILES string of the molecule is O=C(/C=C/c1ccco1)OCC(=O)N(Cc1ccccc1)c1nc(-c2ccc(Cl)cc2)cs1. The molecule has 166 valence electrons. The predicted octanol–water partition coefficient (Wildman–Crippen LogP) is 5.85. The van der Waals surface area contributed by atoms with Gasteiger partial charge < -0.3 is 9.15 Å². The van der Waals surface area contributed by atoms with Crippen LogP contribution in [-0.2, 0) is 20.9 Å². The molecule has 0 aliphatic heterocycles. The molecule has 2 aromatic carbocycles. The van der Waals surface area contributed by atoms with Gasteiger partial charge in [-0.05, 0) is 35.9 Å². The molecule has 2 aromatic heterocycles. The molecule has 33 heavy (non-hydrogen) atoms. The van der Waals surface area contributed by atoms with Crippen molar-refractivity contribution in [2.75, 3.05) is 11.5 Å². The average molecular weight is 479 g/mol. The first kappa shape index (κ1) is 22.5. The van der Waals surface area contributed by atoms with Crippen LogP contribution in [0.4, 0.5) is 5.13 Å². The minimum absolute atomic E-state index is 0.299. The maximum absolute atomic E-state index is 13.0. The van der Waals surface area contributed by atoms with Gasteiger partial charge in [0, 0.05) is 22.0 Å². The lowest BCUT2D eigenvalue weighted by Gasteiger charge is -2.20. The number of thiazole rings is 1. The van der Waals surface area contributed by atoms with Gasteiger partial charge in [-0.3, -0.25) is 9.69 Å². The summed E-state index contributed by atoms with van der Waals surface area (Å²) in [5, 5.41) is 3.02. The van der Waals surface area contributed by atoms with Crippen LogP contribution in [0, 0.1) is 0 Å². The van der Waals surface area contributed by atoms with Gasteiger partial charge in [-0.15, -0.1) is 11.3 Å². The van der Waals surface area contributed by atoms with Gasteiger partial charge >= 0.3 is 5.97 Å². The van der Waals surface area contributed by atoms with Crippen LogP contribution in [0.1, 0.15) is 11.3 Å². The second-order valence-electron chi connectivity index (χ2n) is 6.94. The van der Waals surface area contributed by atoms with Crippen LogP contribution in [0.15, 0.2) is 88.9 Å². The summed E-state index contributed by atoms with van der Waals surface area (Å²) in [7, 11) is 0. The molecule has 0 radical (unpaired) electrons. The maximum atomic E-state index is 13.0. The number of hydrogen-bond acceptors (Lipinski definition) is 6. The van der Waals surface area contributed by atoms with Crippen molar-refractivity contribution < 1.29 is 18.7 Å². The quantitative estimate of drug-likeness (QED) is 0.235. The highest BCUT2D eigenvalue weighted by Crippen LogP contribution is 2.29. The highest BCUT2D eigenvalue weighted by Gasteiger charge is 2.21. The zero-order valence-electron chi connectivity index (χ0n) is 17.4. The van der Waals surface area contributed by atoms with Crippen molar-refractivity contribution in [2.24, 2.45) is 0 Å². The summed E-state index contributed by atoms with van der Waals surface area (Å²) in [5.41, 5.74) is 2.55. The van der Waals surface area contributed by atoms with Gasteiger partial charge in [-0.25, -0.2) is 9.78 Å². The van der Waals surface area contributed by atoms with E-state index in [1.165, 1.54) is 34.7 Å². The number of rotatable bonds is 8. The van der Waals surface area contributed by atoms with E-state index in [1.807, 2.05) is 47.8 Å². The second kappa shape index (κ2) is 10.8. The first-order valence-electron chi connectivity index (χ1n) is 10.0. The van der Waals surface area contributed by atoms with Gasteiger partial charge in [0.1, 0.15) is 5.76 Å². The Balaban J connectivity index is 1.49. The van der Waals surface area contributed by atoms with E-state index in [2.05, 4.69) is 4.98 Å². The molecule has 0 N–H and O–H groups in total. The Kier molecular flexibility index (Phi) is 7.34. The standard InChI is InChI=1S/C25H19ClN2O4S/c26-20-10-8-19(9-11-20)22-17-33-25(27-22)28(15-18-5-2-1-3-6-18)23(29)16-32-24(30)13-12-21-7-4-14-31-21/h1-14,17H,15-16H2/b13-12+. The third-order valence-corrected chi connectivity index (χ3v) is 5.73. The van der Waals surface area contributed by atoms with Crippen LogP contribution in [0.25, 0.3) is 17.3 Å². The van der Waals surface area contributed by atoms with E-state index in [0.717, 1.165) is 16.8 Å². The number of carbonyl (C=O) groups is 2. The van der Waals surface area contributed by atoms with Gasteiger partial charge in [0.2, 0.25) is 0 Å².